The largest absolute Gasteiger partial charge is 0.444 e. The molecule has 2 aromatic heterocycles. The maximum Gasteiger partial charge on any atom is 0.416 e. The topological polar surface area (TPSA) is 68.0 Å². The molecule has 0 saturated heterocycles. The number of rotatable bonds is 4. The van der Waals surface area contributed by atoms with E-state index >= 15 is 0 Å². The average Bonchev–Trinajstić information content (AvgIpc) is 3.38. The number of hydrogen-bond donors (Lipinski definition) is 1. The van der Waals surface area contributed by atoms with Crippen molar-refractivity contribution in [1.29, 1.82) is 0 Å². The van der Waals surface area contributed by atoms with Crippen LogP contribution in [-0.2, 0) is 6.18 Å². The van der Waals surface area contributed by atoms with Gasteiger partial charge in [0.2, 0.25) is 5.89 Å². The molecule has 9 heteroatoms. The van der Waals surface area contributed by atoms with Crippen LogP contribution in [0.1, 0.15) is 16.1 Å². The van der Waals surface area contributed by atoms with Gasteiger partial charge in [-0.25, -0.2) is 9.97 Å². The lowest BCUT2D eigenvalue weighted by molar-refractivity contribution is -0.137. The van der Waals surface area contributed by atoms with Crippen LogP contribution in [0.2, 0.25) is 0 Å². The molecule has 0 spiro atoms. The molecule has 146 valence electrons. The predicted octanol–water partition coefficient (Wildman–Crippen LogP) is 5.74. The number of anilines is 1. The molecule has 1 amide bonds. The number of nitrogens with zero attached hydrogens (tertiary/aromatic N) is 2. The minimum absolute atomic E-state index is 0.00337. The van der Waals surface area contributed by atoms with E-state index in [4.69, 9.17) is 4.42 Å². The number of oxazole rings is 1. The van der Waals surface area contributed by atoms with E-state index in [2.05, 4.69) is 15.3 Å². The van der Waals surface area contributed by atoms with Gasteiger partial charge in [-0.2, -0.15) is 13.2 Å². The molecule has 5 nitrogen and oxygen atoms in total. The Morgan fingerprint density at radius 1 is 0.966 bits per heavy atom. The number of benzene rings is 2. The Morgan fingerprint density at radius 3 is 2.38 bits per heavy atom. The standard InChI is InChI=1S/C20H12F3N3O2S/c21-20(22,23)14-8-6-13(7-9-14)18-24-15(10-28-18)17(27)26-19-25-16(11-29-19)12-4-2-1-3-5-12/h1-11H,(H,25,26,27). The molecule has 0 radical (unpaired) electrons. The van der Waals surface area contributed by atoms with E-state index in [1.165, 1.54) is 23.5 Å². The van der Waals surface area contributed by atoms with Gasteiger partial charge in [0.05, 0.1) is 11.3 Å². The van der Waals surface area contributed by atoms with Crippen molar-refractivity contribution in [2.45, 2.75) is 6.18 Å². The third-order valence-corrected chi connectivity index (χ3v) is 4.75. The minimum Gasteiger partial charge on any atom is -0.444 e. The van der Waals surface area contributed by atoms with E-state index in [1.54, 1.807) is 0 Å². The lowest BCUT2D eigenvalue weighted by Gasteiger charge is -2.05. The summed E-state index contributed by atoms with van der Waals surface area (Å²) in [5.74, 6) is -0.478. The van der Waals surface area contributed by atoms with Gasteiger partial charge in [0.15, 0.2) is 10.8 Å². The number of alkyl halides is 3. The van der Waals surface area contributed by atoms with Crippen molar-refractivity contribution in [2.75, 3.05) is 5.32 Å². The summed E-state index contributed by atoms with van der Waals surface area (Å²) in [6, 6.07) is 13.9. The molecule has 0 aliphatic carbocycles. The first-order valence-electron chi connectivity index (χ1n) is 8.35. The molecule has 0 bridgehead atoms. The van der Waals surface area contributed by atoms with Crippen LogP contribution < -0.4 is 5.32 Å². The van der Waals surface area contributed by atoms with Crippen molar-refractivity contribution >= 4 is 22.4 Å². The summed E-state index contributed by atoms with van der Waals surface area (Å²) in [6.45, 7) is 0. The zero-order valence-electron chi connectivity index (χ0n) is 14.6. The lowest BCUT2D eigenvalue weighted by atomic mass is 10.1. The summed E-state index contributed by atoms with van der Waals surface area (Å²) >= 11 is 1.27. The Hall–Kier alpha value is -3.46. The Labute approximate surface area is 166 Å². The summed E-state index contributed by atoms with van der Waals surface area (Å²) in [5, 5.41) is 4.86. The second-order valence-corrected chi connectivity index (χ2v) is 6.83. The average molecular weight is 415 g/mol. The number of thiazole rings is 1. The van der Waals surface area contributed by atoms with E-state index in [-0.39, 0.29) is 11.6 Å². The molecule has 0 atom stereocenters. The molecular formula is C20H12F3N3O2S. The van der Waals surface area contributed by atoms with Gasteiger partial charge in [-0.15, -0.1) is 11.3 Å². The molecule has 0 saturated carbocycles. The SMILES string of the molecule is O=C(Nc1nc(-c2ccccc2)cs1)c1coc(-c2ccc(C(F)(F)F)cc2)n1. The van der Waals surface area contributed by atoms with E-state index in [0.717, 1.165) is 29.7 Å². The first kappa shape index (κ1) is 18.9. The molecular weight excluding hydrogens is 403 g/mol. The van der Waals surface area contributed by atoms with Crippen molar-refractivity contribution in [3.8, 4) is 22.7 Å². The lowest BCUT2D eigenvalue weighted by Crippen LogP contribution is -2.12. The summed E-state index contributed by atoms with van der Waals surface area (Å²) in [5.41, 5.74) is 1.21. The number of nitrogens with one attached hydrogen (secondary N) is 1. The van der Waals surface area contributed by atoms with E-state index < -0.39 is 17.6 Å². The molecule has 0 aliphatic heterocycles. The fourth-order valence-electron chi connectivity index (χ4n) is 2.55. The van der Waals surface area contributed by atoms with Gasteiger partial charge in [-0.3, -0.25) is 10.1 Å². The van der Waals surface area contributed by atoms with Crippen LogP contribution in [0.3, 0.4) is 0 Å². The molecule has 2 heterocycles. The molecule has 1 N–H and O–H groups in total. The van der Waals surface area contributed by atoms with Gasteiger partial charge in [-0.05, 0) is 24.3 Å². The molecule has 4 rings (SSSR count). The molecule has 2 aromatic carbocycles. The van der Waals surface area contributed by atoms with Crippen LogP contribution in [0, 0.1) is 0 Å². The van der Waals surface area contributed by atoms with Gasteiger partial charge in [0.1, 0.15) is 6.26 Å². The normalized spacial score (nSPS) is 11.4. The Kier molecular flexibility index (Phi) is 4.89. The summed E-state index contributed by atoms with van der Waals surface area (Å²) in [4.78, 5) is 20.8. The van der Waals surface area contributed by atoms with Crippen LogP contribution in [0.5, 0.6) is 0 Å². The molecule has 0 fully saturated rings. The van der Waals surface area contributed by atoms with Crippen LogP contribution in [0.4, 0.5) is 18.3 Å². The molecule has 0 aliphatic rings. The molecule has 29 heavy (non-hydrogen) atoms. The second-order valence-electron chi connectivity index (χ2n) is 5.97. The zero-order valence-corrected chi connectivity index (χ0v) is 15.4. The fraction of sp³-hybridized carbons (Fsp3) is 0.0500. The van der Waals surface area contributed by atoms with Crippen LogP contribution in [0.15, 0.2) is 70.7 Å². The first-order chi connectivity index (χ1) is 13.9. The van der Waals surface area contributed by atoms with Crippen molar-refractivity contribution in [1.82, 2.24) is 9.97 Å². The van der Waals surface area contributed by atoms with Gasteiger partial charge in [0.25, 0.3) is 5.91 Å². The quantitative estimate of drug-likeness (QED) is 0.462. The Balaban J connectivity index is 1.47. The first-order valence-corrected chi connectivity index (χ1v) is 9.23. The van der Waals surface area contributed by atoms with Crippen molar-refractivity contribution in [3.05, 3.63) is 77.5 Å². The van der Waals surface area contributed by atoms with E-state index in [9.17, 15) is 18.0 Å². The summed E-state index contributed by atoms with van der Waals surface area (Å²) in [7, 11) is 0. The molecule has 0 unspecified atom stereocenters. The second kappa shape index (κ2) is 7.51. The summed E-state index contributed by atoms with van der Waals surface area (Å²) < 4.78 is 43.2. The molecule has 4 aromatic rings. The van der Waals surface area contributed by atoms with Gasteiger partial charge in [-0.1, -0.05) is 30.3 Å². The van der Waals surface area contributed by atoms with Crippen molar-refractivity contribution < 1.29 is 22.4 Å². The van der Waals surface area contributed by atoms with Gasteiger partial charge >= 0.3 is 6.18 Å². The number of halogens is 3. The fourth-order valence-corrected chi connectivity index (χ4v) is 3.26. The third-order valence-electron chi connectivity index (χ3n) is 3.99. The van der Waals surface area contributed by atoms with Crippen LogP contribution >= 0.6 is 11.3 Å². The number of amides is 1. The van der Waals surface area contributed by atoms with E-state index in [1.807, 2.05) is 35.7 Å². The van der Waals surface area contributed by atoms with Crippen LogP contribution in [-0.4, -0.2) is 15.9 Å². The summed E-state index contributed by atoms with van der Waals surface area (Å²) in [6.07, 6.45) is -3.28. The van der Waals surface area contributed by atoms with E-state index in [0.29, 0.717) is 10.7 Å². The van der Waals surface area contributed by atoms with Gasteiger partial charge in [0, 0.05) is 16.5 Å². The number of hydrogen-bond acceptors (Lipinski definition) is 5. The smallest absolute Gasteiger partial charge is 0.416 e. The highest BCUT2D eigenvalue weighted by molar-refractivity contribution is 7.14. The predicted molar refractivity (Wildman–Crippen MR) is 102 cm³/mol. The number of carbonyl (C=O) groups is 1. The highest BCUT2D eigenvalue weighted by Gasteiger charge is 2.30. The van der Waals surface area contributed by atoms with Crippen molar-refractivity contribution in [2.24, 2.45) is 0 Å². The minimum atomic E-state index is -4.42. The number of carbonyl (C=O) groups excluding carboxylic acids is 1. The number of aromatic nitrogens is 2. The van der Waals surface area contributed by atoms with Gasteiger partial charge < -0.3 is 4.42 Å². The van der Waals surface area contributed by atoms with Crippen molar-refractivity contribution in [3.63, 3.8) is 0 Å². The monoisotopic (exact) mass is 415 g/mol. The van der Waals surface area contributed by atoms with Crippen LogP contribution in [0.25, 0.3) is 22.7 Å². The Bertz CT molecular complexity index is 1140. The zero-order chi connectivity index (χ0) is 20.4. The maximum absolute atomic E-state index is 12.7. The third kappa shape index (κ3) is 4.19. The highest BCUT2D eigenvalue weighted by atomic mass is 32.1. The highest BCUT2D eigenvalue weighted by Crippen LogP contribution is 2.31. The maximum atomic E-state index is 12.7. The Morgan fingerprint density at radius 2 is 1.69 bits per heavy atom.